The van der Waals surface area contributed by atoms with Crippen molar-refractivity contribution in [1.82, 2.24) is 4.90 Å². The molecule has 6 heteroatoms. The molecule has 2 N–H and O–H groups in total. The van der Waals surface area contributed by atoms with Crippen molar-refractivity contribution < 1.29 is 13.2 Å². The van der Waals surface area contributed by atoms with Gasteiger partial charge in [0.1, 0.15) is 0 Å². The molecule has 0 heterocycles. The minimum absolute atomic E-state index is 0.0732. The first kappa shape index (κ1) is 17.0. The van der Waals surface area contributed by atoms with Crippen LogP contribution in [0.4, 0.5) is 0 Å². The quantitative estimate of drug-likeness (QED) is 0.872. The summed E-state index contributed by atoms with van der Waals surface area (Å²) in [7, 11) is -1.97. The highest BCUT2D eigenvalue weighted by Crippen LogP contribution is 2.38. The van der Waals surface area contributed by atoms with Crippen LogP contribution < -0.4 is 5.14 Å². The molecule has 5 nitrogen and oxygen atoms in total. The van der Waals surface area contributed by atoms with E-state index in [0.717, 1.165) is 5.56 Å². The molecule has 0 bridgehead atoms. The normalized spacial score (nSPS) is 17.8. The zero-order chi connectivity index (χ0) is 16.5. The van der Waals surface area contributed by atoms with Gasteiger partial charge in [-0.3, -0.25) is 4.79 Å². The minimum atomic E-state index is -3.73. The van der Waals surface area contributed by atoms with Crippen LogP contribution in [0.5, 0.6) is 0 Å². The Balaban J connectivity index is 2.09. The van der Waals surface area contributed by atoms with Crippen molar-refractivity contribution in [1.29, 1.82) is 0 Å². The van der Waals surface area contributed by atoms with Crippen molar-refractivity contribution in [3.05, 3.63) is 29.8 Å². The Morgan fingerprint density at radius 3 is 2.55 bits per heavy atom. The highest BCUT2D eigenvalue weighted by atomic mass is 32.2. The molecule has 1 aromatic carbocycles. The van der Waals surface area contributed by atoms with E-state index in [9.17, 15) is 13.2 Å². The Bertz CT molecular complexity index is 653. The standard InChI is InChI=1S/C16H24N2O3S/c1-11(13-7-8-13)9-16(19)18(3)12(2)14-5-4-6-15(10-14)22(17,20)21/h4-6,10-13H,7-9H2,1-3H3,(H2,17,20,21). The fourth-order valence-corrected chi connectivity index (χ4v) is 3.21. The smallest absolute Gasteiger partial charge is 0.238 e. The van der Waals surface area contributed by atoms with Crippen LogP contribution >= 0.6 is 0 Å². The van der Waals surface area contributed by atoms with Gasteiger partial charge in [0.15, 0.2) is 0 Å². The van der Waals surface area contributed by atoms with Gasteiger partial charge in [0.2, 0.25) is 15.9 Å². The van der Waals surface area contributed by atoms with Gasteiger partial charge in [-0.15, -0.1) is 0 Å². The number of rotatable bonds is 6. The molecule has 1 fully saturated rings. The van der Waals surface area contributed by atoms with E-state index in [1.54, 1.807) is 18.0 Å². The summed E-state index contributed by atoms with van der Waals surface area (Å²) in [5.74, 6) is 1.20. The average Bonchev–Trinajstić information content (AvgIpc) is 3.29. The molecule has 1 aromatic rings. The Hall–Kier alpha value is -1.40. The summed E-state index contributed by atoms with van der Waals surface area (Å²) in [6.07, 6.45) is 2.99. The molecular formula is C16H24N2O3S. The van der Waals surface area contributed by atoms with Crippen LogP contribution in [0.2, 0.25) is 0 Å². The zero-order valence-electron chi connectivity index (χ0n) is 13.3. The maximum atomic E-state index is 12.4. The molecule has 1 saturated carbocycles. The predicted octanol–water partition coefficient (Wildman–Crippen LogP) is 2.29. The number of sulfonamides is 1. The summed E-state index contributed by atoms with van der Waals surface area (Å²) in [6, 6.07) is 6.27. The monoisotopic (exact) mass is 324 g/mol. The lowest BCUT2D eigenvalue weighted by molar-refractivity contribution is -0.132. The van der Waals surface area contributed by atoms with Crippen LogP contribution in [0.3, 0.4) is 0 Å². The second kappa shape index (κ2) is 6.38. The Labute approximate surface area is 132 Å². The van der Waals surface area contributed by atoms with E-state index in [2.05, 4.69) is 6.92 Å². The average molecular weight is 324 g/mol. The molecule has 1 aliphatic rings. The summed E-state index contributed by atoms with van der Waals surface area (Å²) in [5.41, 5.74) is 0.765. The highest BCUT2D eigenvalue weighted by molar-refractivity contribution is 7.89. The zero-order valence-corrected chi connectivity index (χ0v) is 14.1. The number of amides is 1. The van der Waals surface area contributed by atoms with Gasteiger partial charge in [0.25, 0.3) is 0 Å². The van der Waals surface area contributed by atoms with Crippen LogP contribution in [0.1, 0.15) is 44.7 Å². The van der Waals surface area contributed by atoms with Crippen molar-refractivity contribution in [2.24, 2.45) is 17.0 Å². The number of nitrogens with zero attached hydrogens (tertiary/aromatic N) is 1. The molecule has 22 heavy (non-hydrogen) atoms. The van der Waals surface area contributed by atoms with E-state index >= 15 is 0 Å². The maximum absolute atomic E-state index is 12.4. The second-order valence-electron chi connectivity index (χ2n) is 6.32. The lowest BCUT2D eigenvalue weighted by Gasteiger charge is -2.27. The third-order valence-corrected chi connectivity index (χ3v) is 5.48. The van der Waals surface area contributed by atoms with Gasteiger partial charge in [-0.2, -0.15) is 0 Å². The van der Waals surface area contributed by atoms with E-state index in [4.69, 9.17) is 5.14 Å². The van der Waals surface area contributed by atoms with E-state index in [0.29, 0.717) is 18.3 Å². The molecule has 0 radical (unpaired) electrons. The molecule has 0 aliphatic heterocycles. The van der Waals surface area contributed by atoms with Gasteiger partial charge in [0, 0.05) is 13.5 Å². The molecule has 1 aliphatic carbocycles. The van der Waals surface area contributed by atoms with Gasteiger partial charge in [0.05, 0.1) is 10.9 Å². The van der Waals surface area contributed by atoms with Gasteiger partial charge >= 0.3 is 0 Å². The number of primary sulfonamides is 1. The first-order valence-electron chi connectivity index (χ1n) is 7.58. The molecule has 0 saturated heterocycles. The SMILES string of the molecule is CC(CC(=O)N(C)C(C)c1cccc(S(N)(=O)=O)c1)C1CC1. The summed E-state index contributed by atoms with van der Waals surface area (Å²) in [6.45, 7) is 4.01. The molecule has 0 spiro atoms. The fourth-order valence-electron chi connectivity index (χ4n) is 2.64. The highest BCUT2D eigenvalue weighted by Gasteiger charge is 2.30. The molecular weight excluding hydrogens is 300 g/mol. The maximum Gasteiger partial charge on any atom is 0.238 e. The van der Waals surface area contributed by atoms with Crippen LogP contribution in [-0.2, 0) is 14.8 Å². The number of carbonyl (C=O) groups is 1. The Morgan fingerprint density at radius 1 is 1.36 bits per heavy atom. The van der Waals surface area contributed by atoms with E-state index < -0.39 is 10.0 Å². The first-order chi connectivity index (χ1) is 10.2. The van der Waals surface area contributed by atoms with Crippen LogP contribution in [0.25, 0.3) is 0 Å². The van der Waals surface area contributed by atoms with Gasteiger partial charge in [-0.1, -0.05) is 19.1 Å². The van der Waals surface area contributed by atoms with Gasteiger partial charge < -0.3 is 4.90 Å². The third-order valence-electron chi connectivity index (χ3n) is 4.57. The van der Waals surface area contributed by atoms with Crippen LogP contribution in [0, 0.1) is 11.8 Å². The van der Waals surface area contributed by atoms with E-state index in [1.165, 1.54) is 25.0 Å². The number of hydrogen-bond donors (Lipinski definition) is 1. The minimum Gasteiger partial charge on any atom is -0.339 e. The Kier molecular flexibility index (Phi) is 4.92. The van der Waals surface area contributed by atoms with Crippen molar-refractivity contribution in [3.63, 3.8) is 0 Å². The van der Waals surface area contributed by atoms with Crippen LogP contribution in [-0.4, -0.2) is 26.3 Å². The lowest BCUT2D eigenvalue weighted by Crippen LogP contribution is -2.31. The molecule has 0 aromatic heterocycles. The first-order valence-corrected chi connectivity index (χ1v) is 9.13. The molecule has 122 valence electrons. The number of carbonyl (C=O) groups excluding carboxylic acids is 1. The molecule has 2 unspecified atom stereocenters. The number of benzene rings is 1. The molecule has 2 rings (SSSR count). The topological polar surface area (TPSA) is 80.5 Å². The summed E-state index contributed by atoms with van der Waals surface area (Å²) < 4.78 is 22.9. The predicted molar refractivity (Wildman–Crippen MR) is 85.5 cm³/mol. The number of hydrogen-bond acceptors (Lipinski definition) is 3. The van der Waals surface area contributed by atoms with Crippen molar-refractivity contribution in [2.75, 3.05) is 7.05 Å². The second-order valence-corrected chi connectivity index (χ2v) is 7.88. The summed E-state index contributed by atoms with van der Waals surface area (Å²) in [4.78, 5) is 14.1. The van der Waals surface area contributed by atoms with Crippen LogP contribution in [0.15, 0.2) is 29.2 Å². The molecule has 1 amide bonds. The summed E-state index contributed by atoms with van der Waals surface area (Å²) in [5, 5.41) is 5.16. The molecule has 2 atom stereocenters. The lowest BCUT2D eigenvalue weighted by atomic mass is 10.0. The van der Waals surface area contributed by atoms with E-state index in [-0.39, 0.29) is 16.8 Å². The van der Waals surface area contributed by atoms with Crippen molar-refractivity contribution in [2.45, 2.75) is 44.0 Å². The Morgan fingerprint density at radius 2 is 2.00 bits per heavy atom. The van der Waals surface area contributed by atoms with Crippen molar-refractivity contribution >= 4 is 15.9 Å². The fraction of sp³-hybridized carbons (Fsp3) is 0.562. The van der Waals surface area contributed by atoms with E-state index in [1.807, 2.05) is 13.0 Å². The number of nitrogens with two attached hydrogens (primary N) is 1. The van der Waals surface area contributed by atoms with Gasteiger partial charge in [-0.25, -0.2) is 13.6 Å². The third kappa shape index (κ3) is 4.08. The largest absolute Gasteiger partial charge is 0.339 e. The van der Waals surface area contributed by atoms with Gasteiger partial charge in [-0.05, 0) is 49.3 Å². The summed E-state index contributed by atoms with van der Waals surface area (Å²) >= 11 is 0. The van der Waals surface area contributed by atoms with Crippen molar-refractivity contribution in [3.8, 4) is 0 Å².